The monoisotopic (exact) mass is 566 g/mol. The SMILES string of the molecule is CCOc1cc(/C=C2\SC(=Nc3cccc(C(=O)O)c3)N(C)C2=O)cc(Br)c1OCc1ccccc1. The van der Waals surface area contributed by atoms with Crippen LogP contribution in [0.5, 0.6) is 11.5 Å². The van der Waals surface area contributed by atoms with Gasteiger partial charge in [0.15, 0.2) is 16.7 Å². The summed E-state index contributed by atoms with van der Waals surface area (Å²) in [5, 5.41) is 9.67. The topological polar surface area (TPSA) is 88.4 Å². The maximum absolute atomic E-state index is 12.9. The van der Waals surface area contributed by atoms with E-state index in [1.807, 2.05) is 49.4 Å². The number of carbonyl (C=O) groups is 2. The van der Waals surface area contributed by atoms with Gasteiger partial charge in [-0.05, 0) is 82.2 Å². The number of carboxylic acids is 1. The number of aliphatic imine (C=N–C) groups is 1. The van der Waals surface area contributed by atoms with E-state index < -0.39 is 5.97 Å². The quantitative estimate of drug-likeness (QED) is 0.319. The fraction of sp³-hybridized carbons (Fsp3) is 0.148. The molecule has 1 heterocycles. The number of thioether (sulfide) groups is 1. The number of halogens is 1. The van der Waals surface area contributed by atoms with Crippen LogP contribution in [0, 0.1) is 0 Å². The Hall–Kier alpha value is -3.56. The second kappa shape index (κ2) is 11.5. The summed E-state index contributed by atoms with van der Waals surface area (Å²) in [7, 11) is 1.64. The van der Waals surface area contributed by atoms with Gasteiger partial charge in [0.2, 0.25) is 0 Å². The number of nitrogens with zero attached hydrogens (tertiary/aromatic N) is 2. The standard InChI is InChI=1S/C27H23BrN2O5S/c1-3-34-22-13-18(12-21(28)24(22)35-16-17-8-5-4-6-9-17)14-23-25(31)30(2)27(36-23)29-20-11-7-10-19(15-20)26(32)33/h4-15H,3,16H2,1-2H3,(H,32,33)/b23-14-,29-27?. The Labute approximate surface area is 221 Å². The number of carbonyl (C=O) groups excluding carboxylic acids is 1. The minimum Gasteiger partial charge on any atom is -0.490 e. The van der Waals surface area contributed by atoms with Crippen molar-refractivity contribution in [3.63, 3.8) is 0 Å². The zero-order valence-corrected chi connectivity index (χ0v) is 22.0. The molecule has 3 aromatic rings. The molecule has 0 saturated carbocycles. The van der Waals surface area contributed by atoms with Crippen molar-refractivity contribution in [1.29, 1.82) is 0 Å². The third-order valence-electron chi connectivity index (χ3n) is 5.18. The fourth-order valence-corrected chi connectivity index (χ4v) is 4.99. The summed E-state index contributed by atoms with van der Waals surface area (Å²) >= 11 is 4.80. The number of hydrogen-bond acceptors (Lipinski definition) is 6. The van der Waals surface area contributed by atoms with E-state index in [1.54, 1.807) is 25.3 Å². The van der Waals surface area contributed by atoms with Crippen LogP contribution in [-0.4, -0.2) is 40.7 Å². The second-order valence-electron chi connectivity index (χ2n) is 7.76. The van der Waals surface area contributed by atoms with Gasteiger partial charge < -0.3 is 14.6 Å². The Morgan fingerprint density at radius 2 is 1.89 bits per heavy atom. The summed E-state index contributed by atoms with van der Waals surface area (Å²) in [5.41, 5.74) is 2.39. The van der Waals surface area contributed by atoms with Gasteiger partial charge in [0.25, 0.3) is 5.91 Å². The molecule has 0 spiro atoms. The molecule has 0 aliphatic carbocycles. The van der Waals surface area contributed by atoms with E-state index in [-0.39, 0.29) is 11.5 Å². The van der Waals surface area contributed by atoms with Crippen LogP contribution in [0.3, 0.4) is 0 Å². The second-order valence-corrected chi connectivity index (χ2v) is 9.63. The lowest BCUT2D eigenvalue weighted by molar-refractivity contribution is -0.121. The zero-order valence-electron chi connectivity index (χ0n) is 19.6. The third-order valence-corrected chi connectivity index (χ3v) is 6.83. The molecule has 0 atom stereocenters. The summed E-state index contributed by atoms with van der Waals surface area (Å²) in [6.07, 6.45) is 1.77. The highest BCUT2D eigenvalue weighted by molar-refractivity contribution is 9.10. The van der Waals surface area contributed by atoms with E-state index in [1.165, 1.54) is 28.8 Å². The van der Waals surface area contributed by atoms with Gasteiger partial charge in [0.05, 0.1) is 27.2 Å². The number of likely N-dealkylation sites (N-methyl/N-ethyl adjacent to an activating group) is 1. The summed E-state index contributed by atoms with van der Waals surface area (Å²) in [4.78, 5) is 30.6. The molecule has 0 aromatic heterocycles. The molecule has 1 aliphatic heterocycles. The number of benzene rings is 3. The van der Waals surface area contributed by atoms with Gasteiger partial charge in [0, 0.05) is 7.05 Å². The van der Waals surface area contributed by atoms with Crippen LogP contribution in [-0.2, 0) is 11.4 Å². The van der Waals surface area contributed by atoms with E-state index in [9.17, 15) is 14.7 Å². The summed E-state index contributed by atoms with van der Waals surface area (Å²) in [6, 6.07) is 19.8. The first kappa shape index (κ1) is 25.5. The minimum absolute atomic E-state index is 0.132. The Kier molecular flexibility index (Phi) is 8.12. The van der Waals surface area contributed by atoms with Gasteiger partial charge in [-0.2, -0.15) is 0 Å². The van der Waals surface area contributed by atoms with Crippen LogP contribution < -0.4 is 9.47 Å². The number of amides is 1. The van der Waals surface area contributed by atoms with Crippen molar-refractivity contribution in [1.82, 2.24) is 4.90 Å². The van der Waals surface area contributed by atoms with Gasteiger partial charge in [-0.1, -0.05) is 36.4 Å². The fourth-order valence-electron chi connectivity index (χ4n) is 3.43. The molecule has 1 amide bonds. The largest absolute Gasteiger partial charge is 0.490 e. The average molecular weight is 567 g/mol. The molecule has 0 bridgehead atoms. The van der Waals surface area contributed by atoms with Crippen LogP contribution in [0.4, 0.5) is 5.69 Å². The van der Waals surface area contributed by atoms with E-state index in [0.717, 1.165) is 11.1 Å². The van der Waals surface area contributed by atoms with E-state index in [0.29, 0.717) is 44.9 Å². The molecule has 7 nitrogen and oxygen atoms in total. The van der Waals surface area contributed by atoms with Crippen LogP contribution in [0.2, 0.25) is 0 Å². The maximum atomic E-state index is 12.9. The summed E-state index contributed by atoms with van der Waals surface area (Å²) < 4.78 is 12.6. The molecule has 1 aliphatic rings. The van der Waals surface area contributed by atoms with Crippen molar-refractivity contribution in [2.45, 2.75) is 13.5 Å². The highest BCUT2D eigenvalue weighted by Gasteiger charge is 2.30. The maximum Gasteiger partial charge on any atom is 0.335 e. The Bertz CT molecular complexity index is 1360. The predicted octanol–water partition coefficient (Wildman–Crippen LogP) is 6.36. The molecule has 4 rings (SSSR count). The van der Waals surface area contributed by atoms with Gasteiger partial charge >= 0.3 is 5.97 Å². The van der Waals surface area contributed by atoms with E-state index in [4.69, 9.17) is 9.47 Å². The number of carboxylic acid groups (broad SMARTS) is 1. The van der Waals surface area contributed by atoms with Gasteiger partial charge in [-0.15, -0.1) is 0 Å². The summed E-state index contributed by atoms with van der Waals surface area (Å²) in [5.74, 6) is -0.0802. The molecule has 0 radical (unpaired) electrons. The van der Waals surface area contributed by atoms with Crippen molar-refractivity contribution >= 4 is 56.5 Å². The predicted molar refractivity (Wildman–Crippen MR) is 145 cm³/mol. The molecule has 0 unspecified atom stereocenters. The molecule has 36 heavy (non-hydrogen) atoms. The van der Waals surface area contributed by atoms with Crippen LogP contribution in [0.25, 0.3) is 6.08 Å². The Morgan fingerprint density at radius 3 is 2.61 bits per heavy atom. The lowest BCUT2D eigenvalue weighted by atomic mass is 10.1. The van der Waals surface area contributed by atoms with Gasteiger partial charge in [-0.25, -0.2) is 9.79 Å². The van der Waals surface area contributed by atoms with Gasteiger partial charge in [0.1, 0.15) is 6.61 Å². The first-order chi connectivity index (χ1) is 17.4. The molecule has 9 heteroatoms. The minimum atomic E-state index is -1.03. The Morgan fingerprint density at radius 1 is 1.11 bits per heavy atom. The molecule has 1 N–H and O–H groups in total. The zero-order chi connectivity index (χ0) is 25.7. The molecular formula is C27H23BrN2O5S. The number of hydrogen-bond donors (Lipinski definition) is 1. The Balaban J connectivity index is 1.59. The normalized spacial score (nSPS) is 15.5. The molecule has 1 saturated heterocycles. The van der Waals surface area contributed by atoms with Crippen LogP contribution in [0.15, 0.2) is 81.1 Å². The lowest BCUT2D eigenvalue weighted by Gasteiger charge is -2.15. The van der Waals surface area contributed by atoms with E-state index >= 15 is 0 Å². The van der Waals surface area contributed by atoms with Crippen molar-refractivity contribution in [2.24, 2.45) is 4.99 Å². The first-order valence-corrected chi connectivity index (χ1v) is 12.7. The number of rotatable bonds is 8. The summed E-state index contributed by atoms with van der Waals surface area (Å²) in [6.45, 7) is 2.74. The van der Waals surface area contributed by atoms with E-state index in [2.05, 4.69) is 20.9 Å². The molecular weight excluding hydrogens is 544 g/mol. The first-order valence-electron chi connectivity index (χ1n) is 11.1. The van der Waals surface area contributed by atoms with Crippen molar-refractivity contribution < 1.29 is 24.2 Å². The van der Waals surface area contributed by atoms with Crippen molar-refractivity contribution in [3.8, 4) is 11.5 Å². The highest BCUT2D eigenvalue weighted by atomic mass is 79.9. The number of aromatic carboxylic acids is 1. The van der Waals surface area contributed by atoms with Crippen molar-refractivity contribution in [3.05, 3.63) is 92.8 Å². The van der Waals surface area contributed by atoms with Crippen LogP contribution in [0.1, 0.15) is 28.4 Å². The third kappa shape index (κ3) is 5.98. The molecule has 3 aromatic carbocycles. The average Bonchev–Trinajstić information content (AvgIpc) is 3.12. The molecule has 184 valence electrons. The van der Waals surface area contributed by atoms with Crippen molar-refractivity contribution in [2.75, 3.05) is 13.7 Å². The lowest BCUT2D eigenvalue weighted by Crippen LogP contribution is -2.23. The molecule has 1 fully saturated rings. The smallest absolute Gasteiger partial charge is 0.335 e. The highest BCUT2D eigenvalue weighted by Crippen LogP contribution is 2.40. The number of ether oxygens (including phenoxy) is 2. The number of amidine groups is 1. The van der Waals surface area contributed by atoms with Gasteiger partial charge in [-0.3, -0.25) is 9.69 Å². The van der Waals surface area contributed by atoms with Crippen LogP contribution >= 0.6 is 27.7 Å².